The van der Waals surface area contributed by atoms with Gasteiger partial charge in [0.1, 0.15) is 0 Å². The van der Waals surface area contributed by atoms with Crippen molar-refractivity contribution in [1.29, 1.82) is 0 Å². The third-order valence-corrected chi connectivity index (χ3v) is 2.82. The van der Waals surface area contributed by atoms with Gasteiger partial charge in [-0.1, -0.05) is 44.2 Å². The number of methoxy groups -OCH3 is 1. The summed E-state index contributed by atoms with van der Waals surface area (Å²) in [6, 6.07) is 10.6. The molecule has 0 heterocycles. The quantitative estimate of drug-likeness (QED) is 0.715. The molecule has 1 aromatic rings. The van der Waals surface area contributed by atoms with Crippen molar-refractivity contribution in [2.75, 3.05) is 26.8 Å². The molecule has 0 saturated heterocycles. The van der Waals surface area contributed by atoms with E-state index < -0.39 is 0 Å². The van der Waals surface area contributed by atoms with Crippen LogP contribution in [-0.4, -0.2) is 26.8 Å². The minimum Gasteiger partial charge on any atom is -0.385 e. The molecule has 90 valence electrons. The molecular weight excluding hydrogens is 198 g/mol. The number of nitrogens with one attached hydrogen (secondary N) is 1. The zero-order valence-electron chi connectivity index (χ0n) is 10.6. The third kappa shape index (κ3) is 4.33. The largest absolute Gasteiger partial charge is 0.385 e. The fourth-order valence-corrected chi connectivity index (χ4v) is 1.73. The molecular formula is C14H23NO. The highest BCUT2D eigenvalue weighted by molar-refractivity contribution is 5.23. The summed E-state index contributed by atoms with van der Waals surface area (Å²) in [5.41, 5.74) is 1.57. The van der Waals surface area contributed by atoms with Crippen molar-refractivity contribution in [2.45, 2.75) is 25.7 Å². The van der Waals surface area contributed by atoms with E-state index in [1.807, 2.05) is 0 Å². The molecule has 0 amide bonds. The van der Waals surface area contributed by atoms with Gasteiger partial charge < -0.3 is 10.1 Å². The molecule has 0 atom stereocenters. The Morgan fingerprint density at radius 3 is 2.50 bits per heavy atom. The summed E-state index contributed by atoms with van der Waals surface area (Å²) >= 11 is 0. The maximum absolute atomic E-state index is 5.02. The van der Waals surface area contributed by atoms with Crippen LogP contribution >= 0.6 is 0 Å². The van der Waals surface area contributed by atoms with E-state index in [9.17, 15) is 0 Å². The molecule has 0 radical (unpaired) electrons. The van der Waals surface area contributed by atoms with Crippen molar-refractivity contribution in [2.24, 2.45) is 0 Å². The standard InChI is InChI=1S/C14H23NO/c1-14(2,12-15-10-7-11-16-3)13-8-5-4-6-9-13/h4-6,8-9,15H,7,10-12H2,1-3H3. The highest BCUT2D eigenvalue weighted by Crippen LogP contribution is 2.21. The smallest absolute Gasteiger partial charge is 0.0474 e. The maximum Gasteiger partial charge on any atom is 0.0474 e. The molecule has 0 fully saturated rings. The Morgan fingerprint density at radius 2 is 1.88 bits per heavy atom. The van der Waals surface area contributed by atoms with Gasteiger partial charge in [0.2, 0.25) is 0 Å². The van der Waals surface area contributed by atoms with Gasteiger partial charge in [0.15, 0.2) is 0 Å². The zero-order valence-corrected chi connectivity index (χ0v) is 10.6. The Morgan fingerprint density at radius 1 is 1.19 bits per heavy atom. The fraction of sp³-hybridized carbons (Fsp3) is 0.571. The first kappa shape index (κ1) is 13.2. The van der Waals surface area contributed by atoms with Crippen LogP contribution in [-0.2, 0) is 10.2 Å². The first-order valence-electron chi connectivity index (χ1n) is 5.92. The van der Waals surface area contributed by atoms with E-state index in [2.05, 4.69) is 49.5 Å². The molecule has 0 aliphatic carbocycles. The number of rotatable bonds is 7. The Labute approximate surface area is 99.0 Å². The Hall–Kier alpha value is -0.860. The van der Waals surface area contributed by atoms with Gasteiger partial charge >= 0.3 is 0 Å². The summed E-state index contributed by atoms with van der Waals surface area (Å²) in [7, 11) is 1.74. The molecule has 1 aromatic carbocycles. The van der Waals surface area contributed by atoms with Crippen LogP contribution < -0.4 is 5.32 Å². The Kier molecular flexibility index (Phi) is 5.50. The lowest BCUT2D eigenvalue weighted by Gasteiger charge is -2.25. The van der Waals surface area contributed by atoms with E-state index in [1.165, 1.54) is 5.56 Å². The topological polar surface area (TPSA) is 21.3 Å². The lowest BCUT2D eigenvalue weighted by Crippen LogP contribution is -2.33. The van der Waals surface area contributed by atoms with Gasteiger partial charge in [-0.3, -0.25) is 0 Å². The van der Waals surface area contributed by atoms with Crippen molar-refractivity contribution in [3.05, 3.63) is 35.9 Å². The number of benzene rings is 1. The Bertz CT molecular complexity index is 282. The van der Waals surface area contributed by atoms with E-state index in [4.69, 9.17) is 4.74 Å². The second-order valence-electron chi connectivity index (χ2n) is 4.77. The number of ether oxygens (including phenoxy) is 1. The number of hydrogen-bond acceptors (Lipinski definition) is 2. The van der Waals surface area contributed by atoms with Crippen molar-refractivity contribution in [1.82, 2.24) is 5.32 Å². The SMILES string of the molecule is COCCCNCC(C)(C)c1ccccc1. The van der Waals surface area contributed by atoms with Gasteiger partial charge in [-0.15, -0.1) is 0 Å². The second kappa shape index (κ2) is 6.66. The van der Waals surface area contributed by atoms with Crippen LogP contribution in [0.5, 0.6) is 0 Å². The highest BCUT2D eigenvalue weighted by Gasteiger charge is 2.19. The van der Waals surface area contributed by atoms with Gasteiger partial charge in [-0.25, -0.2) is 0 Å². The molecule has 16 heavy (non-hydrogen) atoms. The molecule has 2 heteroatoms. The molecule has 0 aliphatic heterocycles. The summed E-state index contributed by atoms with van der Waals surface area (Å²) in [6.07, 6.45) is 1.07. The summed E-state index contributed by atoms with van der Waals surface area (Å²) < 4.78 is 5.02. The first-order valence-corrected chi connectivity index (χ1v) is 5.92. The molecule has 1 N–H and O–H groups in total. The number of hydrogen-bond donors (Lipinski definition) is 1. The van der Waals surface area contributed by atoms with Crippen LogP contribution in [0.25, 0.3) is 0 Å². The summed E-state index contributed by atoms with van der Waals surface area (Å²) in [6.45, 7) is 7.39. The van der Waals surface area contributed by atoms with Crippen molar-refractivity contribution in [3.8, 4) is 0 Å². The van der Waals surface area contributed by atoms with Crippen LogP contribution in [0, 0.1) is 0 Å². The predicted octanol–water partition coefficient (Wildman–Crippen LogP) is 2.59. The van der Waals surface area contributed by atoms with E-state index in [0.29, 0.717) is 0 Å². The van der Waals surface area contributed by atoms with E-state index in [1.54, 1.807) is 7.11 Å². The normalized spacial score (nSPS) is 11.7. The monoisotopic (exact) mass is 221 g/mol. The minimum atomic E-state index is 0.189. The fourth-order valence-electron chi connectivity index (χ4n) is 1.73. The minimum absolute atomic E-state index is 0.189. The third-order valence-electron chi connectivity index (χ3n) is 2.82. The van der Waals surface area contributed by atoms with Gasteiger partial charge in [0.05, 0.1) is 0 Å². The molecule has 0 unspecified atom stereocenters. The molecule has 0 bridgehead atoms. The molecule has 2 nitrogen and oxygen atoms in total. The predicted molar refractivity (Wildman–Crippen MR) is 68.8 cm³/mol. The molecule has 0 spiro atoms. The molecule has 0 aliphatic rings. The van der Waals surface area contributed by atoms with Gasteiger partial charge in [0.25, 0.3) is 0 Å². The summed E-state index contributed by atoms with van der Waals surface area (Å²) in [5.74, 6) is 0. The van der Waals surface area contributed by atoms with E-state index in [0.717, 1.165) is 26.1 Å². The van der Waals surface area contributed by atoms with Crippen molar-refractivity contribution >= 4 is 0 Å². The van der Waals surface area contributed by atoms with Crippen LogP contribution in [0.1, 0.15) is 25.8 Å². The Balaban J connectivity index is 2.35. The maximum atomic E-state index is 5.02. The molecule has 0 saturated carbocycles. The van der Waals surface area contributed by atoms with Crippen LogP contribution in [0.15, 0.2) is 30.3 Å². The van der Waals surface area contributed by atoms with Crippen molar-refractivity contribution < 1.29 is 4.74 Å². The lowest BCUT2D eigenvalue weighted by molar-refractivity contribution is 0.193. The van der Waals surface area contributed by atoms with Crippen molar-refractivity contribution in [3.63, 3.8) is 0 Å². The molecule has 0 aromatic heterocycles. The van der Waals surface area contributed by atoms with E-state index >= 15 is 0 Å². The average molecular weight is 221 g/mol. The second-order valence-corrected chi connectivity index (χ2v) is 4.77. The van der Waals surface area contributed by atoms with Gasteiger partial charge in [-0.2, -0.15) is 0 Å². The van der Waals surface area contributed by atoms with Gasteiger partial charge in [0, 0.05) is 25.7 Å². The zero-order chi connectivity index (χ0) is 11.9. The van der Waals surface area contributed by atoms with Crippen LogP contribution in [0.3, 0.4) is 0 Å². The van der Waals surface area contributed by atoms with Gasteiger partial charge in [-0.05, 0) is 18.5 Å². The first-order chi connectivity index (χ1) is 7.67. The summed E-state index contributed by atoms with van der Waals surface area (Å²) in [4.78, 5) is 0. The lowest BCUT2D eigenvalue weighted by atomic mass is 9.84. The molecule has 1 rings (SSSR count). The van der Waals surface area contributed by atoms with Crippen LogP contribution in [0.4, 0.5) is 0 Å². The average Bonchev–Trinajstić information content (AvgIpc) is 2.30. The van der Waals surface area contributed by atoms with E-state index in [-0.39, 0.29) is 5.41 Å². The summed E-state index contributed by atoms with van der Waals surface area (Å²) in [5, 5.41) is 3.48. The van der Waals surface area contributed by atoms with Crippen LogP contribution in [0.2, 0.25) is 0 Å². The highest BCUT2D eigenvalue weighted by atomic mass is 16.5.